The van der Waals surface area contributed by atoms with Crippen molar-refractivity contribution in [3.63, 3.8) is 0 Å². The number of hydrazine groups is 1. The largest absolute Gasteiger partial charge is 0.507 e. The molecule has 5 N–H and O–H groups in total. The molecular formula is C17H18IN3O4. The summed E-state index contributed by atoms with van der Waals surface area (Å²) in [4.78, 5) is 23.9. The van der Waals surface area contributed by atoms with Crippen LogP contribution in [-0.2, 0) is 22.6 Å². The lowest BCUT2D eigenvalue weighted by molar-refractivity contribution is -0.123. The van der Waals surface area contributed by atoms with E-state index >= 15 is 0 Å². The summed E-state index contributed by atoms with van der Waals surface area (Å²) in [5, 5.41) is 12.1. The van der Waals surface area contributed by atoms with Crippen LogP contribution in [0, 0.1) is 3.57 Å². The Labute approximate surface area is 158 Å². The van der Waals surface area contributed by atoms with E-state index in [0.29, 0.717) is 3.57 Å². The van der Waals surface area contributed by atoms with Crippen molar-refractivity contribution in [2.45, 2.75) is 19.1 Å². The summed E-state index contributed by atoms with van der Waals surface area (Å²) in [6, 6.07) is 13.2. The molecule has 0 bridgehead atoms. The quantitative estimate of drug-likeness (QED) is 0.230. The Balaban J connectivity index is 1.98. The zero-order valence-electron chi connectivity index (χ0n) is 13.2. The van der Waals surface area contributed by atoms with Crippen molar-refractivity contribution in [3.8, 4) is 5.75 Å². The molecular weight excluding hydrogens is 437 g/mol. The highest BCUT2D eigenvalue weighted by molar-refractivity contribution is 14.1. The summed E-state index contributed by atoms with van der Waals surface area (Å²) in [5.41, 5.74) is 3.63. The number of rotatable bonds is 6. The lowest BCUT2D eigenvalue weighted by Crippen LogP contribution is -2.50. The average Bonchev–Trinajstić information content (AvgIpc) is 2.62. The minimum absolute atomic E-state index is 0.0980. The van der Waals surface area contributed by atoms with E-state index in [-0.39, 0.29) is 18.8 Å². The van der Waals surface area contributed by atoms with Crippen LogP contribution in [0.15, 0.2) is 48.5 Å². The number of halogens is 1. The van der Waals surface area contributed by atoms with Gasteiger partial charge in [-0.25, -0.2) is 10.6 Å². The van der Waals surface area contributed by atoms with Gasteiger partial charge in [-0.3, -0.25) is 10.2 Å². The van der Waals surface area contributed by atoms with Crippen LogP contribution in [0.2, 0.25) is 0 Å². The fraction of sp³-hybridized carbons (Fsp3) is 0.176. The van der Waals surface area contributed by atoms with E-state index in [1.165, 1.54) is 6.07 Å². The minimum atomic E-state index is -0.895. The molecule has 0 aliphatic carbocycles. The SMILES string of the molecule is NNC(=O)[C@H](Cc1ccc(O)c(I)c1)NC(=O)OCc1ccccc1. The van der Waals surface area contributed by atoms with Gasteiger partial charge >= 0.3 is 6.09 Å². The van der Waals surface area contributed by atoms with Gasteiger partial charge in [0.05, 0.1) is 3.57 Å². The zero-order chi connectivity index (χ0) is 18.2. The molecule has 0 aromatic heterocycles. The van der Waals surface area contributed by atoms with Crippen molar-refractivity contribution >= 4 is 34.6 Å². The smallest absolute Gasteiger partial charge is 0.408 e. The first-order valence-electron chi connectivity index (χ1n) is 7.44. The highest BCUT2D eigenvalue weighted by atomic mass is 127. The molecule has 2 aromatic rings. The Morgan fingerprint density at radius 2 is 1.88 bits per heavy atom. The molecule has 0 heterocycles. The molecule has 0 aliphatic heterocycles. The molecule has 0 aliphatic rings. The summed E-state index contributed by atoms with van der Waals surface area (Å²) in [6.45, 7) is 0.0980. The van der Waals surface area contributed by atoms with Gasteiger partial charge in [0.1, 0.15) is 18.4 Å². The molecule has 25 heavy (non-hydrogen) atoms. The third kappa shape index (κ3) is 5.91. The fourth-order valence-electron chi connectivity index (χ4n) is 2.13. The third-order valence-corrected chi connectivity index (χ3v) is 4.28. The van der Waals surface area contributed by atoms with Crippen molar-refractivity contribution in [2.75, 3.05) is 0 Å². The van der Waals surface area contributed by atoms with Crippen molar-refractivity contribution in [2.24, 2.45) is 5.84 Å². The number of ether oxygens (including phenoxy) is 1. The first-order valence-corrected chi connectivity index (χ1v) is 8.52. The summed E-state index contributed by atoms with van der Waals surface area (Å²) >= 11 is 1.98. The van der Waals surface area contributed by atoms with Crippen molar-refractivity contribution < 1.29 is 19.4 Å². The molecule has 2 amide bonds. The number of aromatic hydroxyl groups is 1. The number of carbonyl (C=O) groups excluding carboxylic acids is 2. The number of benzene rings is 2. The second-order valence-electron chi connectivity index (χ2n) is 5.26. The second-order valence-corrected chi connectivity index (χ2v) is 6.42. The Morgan fingerprint density at radius 3 is 2.52 bits per heavy atom. The topological polar surface area (TPSA) is 114 Å². The van der Waals surface area contributed by atoms with Crippen LogP contribution in [0.1, 0.15) is 11.1 Å². The maximum Gasteiger partial charge on any atom is 0.408 e. The highest BCUT2D eigenvalue weighted by Crippen LogP contribution is 2.21. The lowest BCUT2D eigenvalue weighted by atomic mass is 10.1. The molecule has 0 spiro atoms. The van der Waals surface area contributed by atoms with Gasteiger partial charge in [0, 0.05) is 6.42 Å². The van der Waals surface area contributed by atoms with Gasteiger partial charge in [-0.15, -0.1) is 0 Å². The normalized spacial score (nSPS) is 11.4. The average molecular weight is 455 g/mol. The van der Waals surface area contributed by atoms with Crippen LogP contribution in [0.3, 0.4) is 0 Å². The van der Waals surface area contributed by atoms with Crippen LogP contribution < -0.4 is 16.6 Å². The summed E-state index contributed by atoms with van der Waals surface area (Å²) in [7, 11) is 0. The first-order chi connectivity index (χ1) is 12.0. The summed E-state index contributed by atoms with van der Waals surface area (Å²) in [5.74, 6) is 4.80. The predicted octanol–water partition coefficient (Wildman–Crippen LogP) is 1.82. The van der Waals surface area contributed by atoms with Gasteiger partial charge in [-0.1, -0.05) is 36.4 Å². The van der Waals surface area contributed by atoms with Gasteiger partial charge in [0.25, 0.3) is 5.91 Å². The van der Waals surface area contributed by atoms with Gasteiger partial charge in [-0.2, -0.15) is 0 Å². The molecule has 7 nitrogen and oxygen atoms in total. The third-order valence-electron chi connectivity index (χ3n) is 3.42. The highest BCUT2D eigenvalue weighted by Gasteiger charge is 2.21. The van der Waals surface area contributed by atoms with E-state index in [1.807, 2.05) is 58.3 Å². The number of nitrogens with one attached hydrogen (secondary N) is 2. The van der Waals surface area contributed by atoms with Crippen LogP contribution in [0.4, 0.5) is 4.79 Å². The van der Waals surface area contributed by atoms with Gasteiger partial charge in [0.15, 0.2) is 0 Å². The number of nitrogens with two attached hydrogens (primary N) is 1. The molecule has 1 atom stereocenters. The molecule has 0 radical (unpaired) electrons. The second kappa shape index (κ2) is 9.23. The Bertz CT molecular complexity index is 740. The monoisotopic (exact) mass is 455 g/mol. The molecule has 0 saturated carbocycles. The maximum absolute atomic E-state index is 12.0. The van der Waals surface area contributed by atoms with E-state index < -0.39 is 18.0 Å². The van der Waals surface area contributed by atoms with Crippen molar-refractivity contribution in [1.29, 1.82) is 0 Å². The van der Waals surface area contributed by atoms with Crippen LogP contribution in [0.5, 0.6) is 5.75 Å². The maximum atomic E-state index is 12.0. The van der Waals surface area contributed by atoms with Crippen molar-refractivity contribution in [1.82, 2.24) is 10.7 Å². The molecule has 8 heteroatoms. The van der Waals surface area contributed by atoms with E-state index in [0.717, 1.165) is 11.1 Å². The molecule has 2 rings (SSSR count). The van der Waals surface area contributed by atoms with Crippen molar-refractivity contribution in [3.05, 3.63) is 63.2 Å². The molecule has 132 valence electrons. The molecule has 0 unspecified atom stereocenters. The summed E-state index contributed by atoms with van der Waals surface area (Å²) < 4.78 is 5.77. The predicted molar refractivity (Wildman–Crippen MR) is 100 cm³/mol. The van der Waals surface area contributed by atoms with Gasteiger partial charge in [0.2, 0.25) is 0 Å². The number of hydrogen-bond acceptors (Lipinski definition) is 5. The van der Waals surface area contributed by atoms with Crippen LogP contribution in [0.25, 0.3) is 0 Å². The number of phenols is 1. The molecule has 2 aromatic carbocycles. The number of alkyl carbamates (subject to hydrolysis) is 1. The van der Waals surface area contributed by atoms with E-state index in [4.69, 9.17) is 10.6 Å². The Hall–Kier alpha value is -2.33. The lowest BCUT2D eigenvalue weighted by Gasteiger charge is -2.17. The zero-order valence-corrected chi connectivity index (χ0v) is 15.4. The molecule has 0 saturated heterocycles. The summed E-state index contributed by atoms with van der Waals surface area (Å²) in [6.07, 6.45) is -0.509. The van der Waals surface area contributed by atoms with Gasteiger partial charge in [-0.05, 0) is 45.9 Å². The first kappa shape index (κ1) is 19.0. The van der Waals surface area contributed by atoms with Crippen LogP contribution in [-0.4, -0.2) is 23.1 Å². The Morgan fingerprint density at radius 1 is 1.16 bits per heavy atom. The van der Waals surface area contributed by atoms with E-state index in [2.05, 4.69) is 5.32 Å². The number of hydrogen-bond donors (Lipinski definition) is 4. The minimum Gasteiger partial charge on any atom is -0.507 e. The Kier molecular flexibility index (Phi) is 7.02. The number of carbonyl (C=O) groups is 2. The van der Waals surface area contributed by atoms with Gasteiger partial charge < -0.3 is 15.2 Å². The fourth-order valence-corrected chi connectivity index (χ4v) is 2.71. The molecule has 0 fully saturated rings. The standard InChI is InChI=1S/C17H18IN3O4/c18-13-8-12(6-7-15(13)22)9-14(16(23)21-19)20-17(24)25-10-11-4-2-1-3-5-11/h1-8,14,22H,9-10,19H2,(H,20,24)(H,21,23)/t14-/m0/s1. The van der Waals surface area contributed by atoms with E-state index in [9.17, 15) is 14.7 Å². The van der Waals surface area contributed by atoms with Crippen LogP contribution >= 0.6 is 22.6 Å². The number of amides is 2. The number of phenolic OH excluding ortho intramolecular Hbond substituents is 1. The van der Waals surface area contributed by atoms with E-state index in [1.54, 1.807) is 12.1 Å².